The number of hydrogen-bond acceptors (Lipinski definition) is 4. The number of carbonyl (C=O) groups excluding carboxylic acids is 2. The molecule has 0 bridgehead atoms. The number of likely N-dealkylation sites (tertiary alicyclic amines) is 1. The second-order valence-corrected chi connectivity index (χ2v) is 8.47. The van der Waals surface area contributed by atoms with E-state index in [1.54, 1.807) is 36.4 Å². The van der Waals surface area contributed by atoms with Crippen LogP contribution in [0.1, 0.15) is 36.6 Å². The van der Waals surface area contributed by atoms with Gasteiger partial charge in [-0.3, -0.25) is 9.59 Å². The minimum atomic E-state index is -0.729. The van der Waals surface area contributed by atoms with Crippen LogP contribution in [0.25, 0.3) is 5.76 Å². The van der Waals surface area contributed by atoms with Gasteiger partial charge >= 0.3 is 0 Å². The number of rotatable bonds is 7. The average molecular weight is 460 g/mol. The lowest BCUT2D eigenvalue weighted by Crippen LogP contribution is -2.31. The van der Waals surface area contributed by atoms with Crippen LogP contribution in [0.3, 0.4) is 0 Å². The second-order valence-electron chi connectivity index (χ2n) is 8.47. The number of aliphatic hydroxyl groups is 1. The molecule has 174 valence electrons. The standard InChI is InChI=1S/C28H26FNO4/c1-18(2)34-23-14-10-21(11-15-23)26(31)24-25(20-6-4-3-5-7-20)30(28(33)27(24)32)17-16-19-8-12-22(29)13-9-19/h3-15,18,25,31H,16-17H2,1-2H3/b26-24-. The van der Waals surface area contributed by atoms with Crippen LogP contribution >= 0.6 is 0 Å². The van der Waals surface area contributed by atoms with Gasteiger partial charge in [0.05, 0.1) is 17.7 Å². The summed E-state index contributed by atoms with van der Waals surface area (Å²) in [5.41, 5.74) is 2.04. The number of carbonyl (C=O) groups is 2. The van der Waals surface area contributed by atoms with Crippen LogP contribution in [0.15, 0.2) is 84.4 Å². The molecule has 1 aliphatic heterocycles. The lowest BCUT2D eigenvalue weighted by molar-refractivity contribution is -0.139. The molecule has 5 nitrogen and oxygen atoms in total. The first-order valence-corrected chi connectivity index (χ1v) is 11.2. The number of halogens is 1. The molecule has 1 fully saturated rings. The Bertz CT molecular complexity index is 1200. The van der Waals surface area contributed by atoms with E-state index in [2.05, 4.69) is 0 Å². The predicted octanol–water partition coefficient (Wildman–Crippen LogP) is 5.28. The molecule has 1 aliphatic rings. The average Bonchev–Trinajstić information content (AvgIpc) is 3.09. The van der Waals surface area contributed by atoms with Crippen molar-refractivity contribution >= 4 is 17.4 Å². The number of hydrogen-bond donors (Lipinski definition) is 1. The summed E-state index contributed by atoms with van der Waals surface area (Å²) >= 11 is 0. The summed E-state index contributed by atoms with van der Waals surface area (Å²) in [7, 11) is 0. The molecule has 0 spiro atoms. The van der Waals surface area contributed by atoms with E-state index >= 15 is 0 Å². The maximum atomic E-state index is 13.3. The van der Waals surface area contributed by atoms with Crippen molar-refractivity contribution in [2.45, 2.75) is 32.4 Å². The van der Waals surface area contributed by atoms with Crippen molar-refractivity contribution in [3.05, 3.63) is 107 Å². The third-order valence-electron chi connectivity index (χ3n) is 5.71. The molecule has 0 radical (unpaired) electrons. The Morgan fingerprint density at radius 3 is 2.24 bits per heavy atom. The SMILES string of the molecule is CC(C)Oc1ccc(/C(O)=C2/C(=O)C(=O)N(CCc3ccc(F)cc3)C2c2ccccc2)cc1. The number of amides is 1. The van der Waals surface area contributed by atoms with E-state index in [-0.39, 0.29) is 29.8 Å². The third-order valence-corrected chi connectivity index (χ3v) is 5.71. The maximum absolute atomic E-state index is 13.3. The molecule has 0 aliphatic carbocycles. The molecule has 34 heavy (non-hydrogen) atoms. The van der Waals surface area contributed by atoms with E-state index < -0.39 is 17.7 Å². The van der Waals surface area contributed by atoms with Crippen molar-refractivity contribution in [1.82, 2.24) is 4.90 Å². The molecule has 1 saturated heterocycles. The van der Waals surface area contributed by atoms with Gasteiger partial charge in [-0.2, -0.15) is 0 Å². The Balaban J connectivity index is 1.70. The molecule has 1 unspecified atom stereocenters. The molecule has 4 rings (SSSR count). The maximum Gasteiger partial charge on any atom is 0.295 e. The molecule has 3 aromatic carbocycles. The van der Waals surface area contributed by atoms with Gasteiger partial charge in [-0.05, 0) is 67.8 Å². The summed E-state index contributed by atoms with van der Waals surface area (Å²) < 4.78 is 18.9. The van der Waals surface area contributed by atoms with E-state index in [1.807, 2.05) is 44.2 Å². The van der Waals surface area contributed by atoms with Crippen molar-refractivity contribution in [2.75, 3.05) is 6.54 Å². The topological polar surface area (TPSA) is 66.8 Å². The number of ether oxygens (including phenoxy) is 1. The summed E-state index contributed by atoms with van der Waals surface area (Å²) in [6.07, 6.45) is 0.446. The van der Waals surface area contributed by atoms with Crippen molar-refractivity contribution in [3.63, 3.8) is 0 Å². The van der Waals surface area contributed by atoms with Gasteiger partial charge in [0.1, 0.15) is 17.3 Å². The van der Waals surface area contributed by atoms with Crippen LogP contribution in [0.5, 0.6) is 5.75 Å². The zero-order valence-electron chi connectivity index (χ0n) is 19.1. The highest BCUT2D eigenvalue weighted by molar-refractivity contribution is 6.46. The van der Waals surface area contributed by atoms with Crippen LogP contribution in [0, 0.1) is 5.82 Å². The van der Waals surface area contributed by atoms with Gasteiger partial charge in [-0.25, -0.2) is 4.39 Å². The summed E-state index contributed by atoms with van der Waals surface area (Å²) in [4.78, 5) is 27.6. The Labute approximate surface area is 198 Å². The van der Waals surface area contributed by atoms with Crippen molar-refractivity contribution < 1.29 is 23.8 Å². The molecule has 1 heterocycles. The third kappa shape index (κ3) is 4.86. The first-order valence-electron chi connectivity index (χ1n) is 11.2. The van der Waals surface area contributed by atoms with E-state index in [1.165, 1.54) is 17.0 Å². The van der Waals surface area contributed by atoms with Gasteiger partial charge in [0, 0.05) is 12.1 Å². The molecular weight excluding hydrogens is 433 g/mol. The van der Waals surface area contributed by atoms with Gasteiger partial charge in [-0.15, -0.1) is 0 Å². The minimum Gasteiger partial charge on any atom is -0.507 e. The quantitative estimate of drug-likeness (QED) is 0.297. The van der Waals surface area contributed by atoms with Gasteiger partial charge in [-0.1, -0.05) is 42.5 Å². The monoisotopic (exact) mass is 459 g/mol. The highest BCUT2D eigenvalue weighted by Gasteiger charge is 2.45. The largest absolute Gasteiger partial charge is 0.507 e. The highest BCUT2D eigenvalue weighted by atomic mass is 19.1. The lowest BCUT2D eigenvalue weighted by atomic mass is 9.95. The Hall–Kier alpha value is -3.93. The number of benzene rings is 3. The fraction of sp³-hybridized carbons (Fsp3) is 0.214. The first kappa shape index (κ1) is 23.2. The van der Waals surface area contributed by atoms with Gasteiger partial charge < -0.3 is 14.7 Å². The number of aliphatic hydroxyl groups excluding tert-OH is 1. The van der Waals surface area contributed by atoms with E-state index in [0.29, 0.717) is 17.7 Å². The summed E-state index contributed by atoms with van der Waals surface area (Å²) in [5.74, 6) is -1.32. The lowest BCUT2D eigenvalue weighted by Gasteiger charge is -2.25. The fourth-order valence-corrected chi connectivity index (χ4v) is 4.11. The molecule has 0 saturated carbocycles. The van der Waals surface area contributed by atoms with Gasteiger partial charge in [0.2, 0.25) is 0 Å². The van der Waals surface area contributed by atoms with Crippen LogP contribution in [0.2, 0.25) is 0 Å². The van der Waals surface area contributed by atoms with Crippen LogP contribution in [-0.4, -0.2) is 34.3 Å². The van der Waals surface area contributed by atoms with Crippen molar-refractivity contribution in [3.8, 4) is 5.75 Å². The van der Waals surface area contributed by atoms with E-state index in [4.69, 9.17) is 4.74 Å². The fourth-order valence-electron chi connectivity index (χ4n) is 4.11. The van der Waals surface area contributed by atoms with Crippen LogP contribution in [0.4, 0.5) is 4.39 Å². The Kier molecular flexibility index (Phi) is 6.77. The molecule has 1 N–H and O–H groups in total. The van der Waals surface area contributed by atoms with Gasteiger partial charge in [0.25, 0.3) is 11.7 Å². The predicted molar refractivity (Wildman–Crippen MR) is 128 cm³/mol. The minimum absolute atomic E-state index is 0.00367. The van der Waals surface area contributed by atoms with Crippen molar-refractivity contribution in [2.24, 2.45) is 0 Å². The van der Waals surface area contributed by atoms with Gasteiger partial charge in [0.15, 0.2) is 0 Å². The summed E-state index contributed by atoms with van der Waals surface area (Å²) in [6.45, 7) is 4.08. The Morgan fingerprint density at radius 1 is 0.971 bits per heavy atom. The zero-order chi connectivity index (χ0) is 24.2. The van der Waals surface area contributed by atoms with E-state index in [9.17, 15) is 19.1 Å². The van der Waals surface area contributed by atoms with Crippen LogP contribution in [-0.2, 0) is 16.0 Å². The number of nitrogens with zero attached hydrogens (tertiary/aromatic N) is 1. The second kappa shape index (κ2) is 9.91. The molecule has 1 atom stereocenters. The first-order chi connectivity index (χ1) is 16.3. The highest BCUT2D eigenvalue weighted by Crippen LogP contribution is 2.39. The molecule has 0 aromatic heterocycles. The van der Waals surface area contributed by atoms with E-state index in [0.717, 1.165) is 11.1 Å². The normalized spacial score (nSPS) is 17.4. The molecule has 1 amide bonds. The Morgan fingerprint density at radius 2 is 1.62 bits per heavy atom. The number of ketones is 1. The molecule has 3 aromatic rings. The summed E-state index contributed by atoms with van der Waals surface area (Å²) in [6, 6.07) is 21.2. The number of Topliss-reactive ketones (excluding diaryl/α,β-unsaturated/α-hetero) is 1. The van der Waals surface area contributed by atoms with Crippen LogP contribution < -0.4 is 4.74 Å². The smallest absolute Gasteiger partial charge is 0.295 e. The zero-order valence-corrected chi connectivity index (χ0v) is 19.1. The molecule has 6 heteroatoms. The van der Waals surface area contributed by atoms with Crippen molar-refractivity contribution in [1.29, 1.82) is 0 Å². The summed E-state index contributed by atoms with van der Waals surface area (Å²) in [5, 5.41) is 11.1. The molecular formula is C28H26FNO4.